The molecule has 0 aliphatic carbocycles. The zero-order valence-corrected chi connectivity index (χ0v) is 10.8. The number of nitrogens with one attached hydrogen (secondary N) is 1. The van der Waals surface area contributed by atoms with Crippen molar-refractivity contribution in [2.75, 3.05) is 13.1 Å². The van der Waals surface area contributed by atoms with E-state index in [2.05, 4.69) is 18.6 Å². The van der Waals surface area contributed by atoms with Crippen LogP contribution < -0.4 is 10.5 Å². The Kier molecular flexibility index (Phi) is 7.13. The lowest BCUT2D eigenvalue weighted by Gasteiger charge is -2.14. The topological polar surface area (TPSA) is 72.2 Å². The molecule has 0 aliphatic rings. The van der Waals surface area contributed by atoms with E-state index in [0.29, 0.717) is 18.9 Å². The normalized spacial score (nSPS) is 14.5. The van der Waals surface area contributed by atoms with E-state index >= 15 is 0 Å². The summed E-state index contributed by atoms with van der Waals surface area (Å²) in [4.78, 5) is 0. The molecule has 15 heavy (non-hydrogen) atoms. The van der Waals surface area contributed by atoms with Crippen LogP contribution in [0.5, 0.6) is 0 Å². The largest absolute Gasteiger partial charge is 0.329 e. The maximum atomic E-state index is 11.6. The average molecular weight is 236 g/mol. The number of sulfonamides is 1. The van der Waals surface area contributed by atoms with Gasteiger partial charge >= 0.3 is 0 Å². The maximum absolute atomic E-state index is 11.6. The second-order valence-corrected chi connectivity index (χ2v) is 6.29. The molecule has 5 heteroatoms. The van der Waals surface area contributed by atoms with Crippen LogP contribution in [0.25, 0.3) is 0 Å². The molecular formula is C10H24N2O2S. The van der Waals surface area contributed by atoms with Crippen LogP contribution in [0.2, 0.25) is 0 Å². The van der Waals surface area contributed by atoms with E-state index in [1.807, 2.05) is 6.92 Å². The van der Waals surface area contributed by atoms with E-state index in [4.69, 9.17) is 5.73 Å². The second kappa shape index (κ2) is 7.19. The first kappa shape index (κ1) is 14.9. The van der Waals surface area contributed by atoms with Crippen molar-refractivity contribution in [3.05, 3.63) is 0 Å². The molecule has 0 saturated heterocycles. The molecule has 0 fully saturated rings. The Balaban J connectivity index is 3.94. The molecule has 0 radical (unpaired) electrons. The van der Waals surface area contributed by atoms with E-state index in [9.17, 15) is 8.42 Å². The molecule has 0 aromatic heterocycles. The molecule has 0 aromatic carbocycles. The molecule has 3 N–H and O–H groups in total. The fourth-order valence-electron chi connectivity index (χ4n) is 1.36. The third kappa shape index (κ3) is 6.12. The van der Waals surface area contributed by atoms with Crippen molar-refractivity contribution in [3.8, 4) is 0 Å². The highest BCUT2D eigenvalue weighted by molar-refractivity contribution is 7.90. The molecule has 92 valence electrons. The smallest absolute Gasteiger partial charge is 0.215 e. The quantitative estimate of drug-likeness (QED) is 0.619. The van der Waals surface area contributed by atoms with Gasteiger partial charge in [-0.3, -0.25) is 0 Å². The van der Waals surface area contributed by atoms with Crippen LogP contribution in [0.1, 0.15) is 40.0 Å². The highest BCUT2D eigenvalue weighted by Crippen LogP contribution is 2.05. The summed E-state index contributed by atoms with van der Waals surface area (Å²) in [6.07, 6.45) is 2.50. The Morgan fingerprint density at radius 2 is 1.93 bits per heavy atom. The summed E-state index contributed by atoms with van der Waals surface area (Å²) in [6.45, 7) is 6.81. The molecule has 0 rings (SSSR count). The lowest BCUT2D eigenvalue weighted by molar-refractivity contribution is 0.532. The summed E-state index contributed by atoms with van der Waals surface area (Å²) < 4.78 is 25.9. The van der Waals surface area contributed by atoms with Gasteiger partial charge in [-0.1, -0.05) is 20.8 Å². The van der Waals surface area contributed by atoms with Crippen molar-refractivity contribution in [1.29, 1.82) is 0 Å². The van der Waals surface area contributed by atoms with Crippen LogP contribution in [0, 0.1) is 5.92 Å². The molecule has 0 spiro atoms. The number of nitrogens with two attached hydrogens (primary N) is 1. The van der Waals surface area contributed by atoms with Crippen LogP contribution in [-0.2, 0) is 10.0 Å². The Labute approximate surface area is 93.7 Å². The van der Waals surface area contributed by atoms with Crippen LogP contribution in [0.15, 0.2) is 0 Å². The zero-order chi connectivity index (χ0) is 11.9. The molecule has 0 saturated carbocycles. The van der Waals surface area contributed by atoms with Gasteiger partial charge in [-0.25, -0.2) is 13.1 Å². The van der Waals surface area contributed by atoms with Crippen LogP contribution in [0.3, 0.4) is 0 Å². The molecule has 0 aliphatic heterocycles. The molecular weight excluding hydrogens is 212 g/mol. The lowest BCUT2D eigenvalue weighted by Crippen LogP contribution is -2.39. The van der Waals surface area contributed by atoms with E-state index in [0.717, 1.165) is 12.8 Å². The van der Waals surface area contributed by atoms with Gasteiger partial charge in [0.1, 0.15) is 0 Å². The Morgan fingerprint density at radius 1 is 1.33 bits per heavy atom. The van der Waals surface area contributed by atoms with E-state index in [1.54, 1.807) is 0 Å². The van der Waals surface area contributed by atoms with Gasteiger partial charge in [0.15, 0.2) is 0 Å². The van der Waals surface area contributed by atoms with Crippen molar-refractivity contribution in [2.45, 2.75) is 45.3 Å². The summed E-state index contributed by atoms with van der Waals surface area (Å²) >= 11 is 0. The Morgan fingerprint density at radius 3 is 2.33 bits per heavy atom. The van der Waals surface area contributed by atoms with Gasteiger partial charge < -0.3 is 5.73 Å². The van der Waals surface area contributed by atoms with Crippen LogP contribution >= 0.6 is 0 Å². The summed E-state index contributed by atoms with van der Waals surface area (Å²) in [6, 6.07) is 0. The van der Waals surface area contributed by atoms with Gasteiger partial charge in [0.2, 0.25) is 10.0 Å². The third-order valence-electron chi connectivity index (χ3n) is 2.42. The molecule has 0 aromatic rings. The highest BCUT2D eigenvalue weighted by atomic mass is 32.2. The average Bonchev–Trinajstić information content (AvgIpc) is 2.14. The molecule has 1 atom stereocenters. The van der Waals surface area contributed by atoms with Gasteiger partial charge in [-0.05, 0) is 25.2 Å². The maximum Gasteiger partial charge on any atom is 0.215 e. The van der Waals surface area contributed by atoms with Crippen molar-refractivity contribution >= 4 is 10.0 Å². The van der Waals surface area contributed by atoms with Gasteiger partial charge in [0, 0.05) is 13.1 Å². The summed E-state index contributed by atoms with van der Waals surface area (Å²) in [5, 5.41) is -0.448. The minimum atomic E-state index is -3.20. The predicted octanol–water partition coefficient (Wildman–Crippen LogP) is 1.08. The lowest BCUT2D eigenvalue weighted by atomic mass is 10.1. The minimum Gasteiger partial charge on any atom is -0.329 e. The van der Waals surface area contributed by atoms with E-state index in [-0.39, 0.29) is 6.54 Å². The van der Waals surface area contributed by atoms with Crippen molar-refractivity contribution in [3.63, 3.8) is 0 Å². The van der Waals surface area contributed by atoms with Crippen molar-refractivity contribution in [1.82, 2.24) is 4.72 Å². The van der Waals surface area contributed by atoms with Gasteiger partial charge in [-0.2, -0.15) is 0 Å². The van der Waals surface area contributed by atoms with Gasteiger partial charge in [0.05, 0.1) is 5.25 Å². The van der Waals surface area contributed by atoms with E-state index in [1.165, 1.54) is 0 Å². The minimum absolute atomic E-state index is 0.190. The molecule has 4 nitrogen and oxygen atoms in total. The second-order valence-electron chi connectivity index (χ2n) is 4.24. The third-order valence-corrected chi connectivity index (χ3v) is 4.43. The molecule has 0 bridgehead atoms. The monoisotopic (exact) mass is 236 g/mol. The first-order chi connectivity index (χ1) is 6.94. The van der Waals surface area contributed by atoms with Gasteiger partial charge in [-0.15, -0.1) is 0 Å². The van der Waals surface area contributed by atoms with Gasteiger partial charge in [0.25, 0.3) is 0 Å². The standard InChI is InChI=1S/C10H24N2O2S/c1-4-10(8-11)15(13,14)12-7-5-6-9(2)3/h9-10,12H,4-8,11H2,1-3H3. The first-order valence-corrected chi connectivity index (χ1v) is 7.17. The Bertz CT molecular complexity index is 246. The fraction of sp³-hybridized carbons (Fsp3) is 1.00. The summed E-state index contributed by atoms with van der Waals surface area (Å²) in [7, 11) is -3.20. The molecule has 1 unspecified atom stereocenters. The number of rotatable bonds is 8. The summed E-state index contributed by atoms with van der Waals surface area (Å²) in [5.41, 5.74) is 5.40. The van der Waals surface area contributed by atoms with Crippen molar-refractivity contribution in [2.24, 2.45) is 11.7 Å². The summed E-state index contributed by atoms with van der Waals surface area (Å²) in [5.74, 6) is 0.617. The van der Waals surface area contributed by atoms with Crippen LogP contribution in [-0.4, -0.2) is 26.8 Å². The number of hydrogen-bond donors (Lipinski definition) is 2. The van der Waals surface area contributed by atoms with Crippen molar-refractivity contribution < 1.29 is 8.42 Å². The number of hydrogen-bond acceptors (Lipinski definition) is 3. The molecule has 0 amide bonds. The SMILES string of the molecule is CCC(CN)S(=O)(=O)NCCCC(C)C. The van der Waals surface area contributed by atoms with E-state index < -0.39 is 15.3 Å². The fourth-order valence-corrected chi connectivity index (χ4v) is 2.71. The van der Waals surface area contributed by atoms with Crippen LogP contribution in [0.4, 0.5) is 0 Å². The highest BCUT2D eigenvalue weighted by Gasteiger charge is 2.21. The predicted molar refractivity (Wildman–Crippen MR) is 64.1 cm³/mol. The first-order valence-electron chi connectivity index (χ1n) is 5.62. The Hall–Kier alpha value is -0.130. The molecule has 0 heterocycles. The zero-order valence-electron chi connectivity index (χ0n) is 9.99.